The van der Waals surface area contributed by atoms with E-state index in [9.17, 15) is 24.5 Å². The number of fused-ring (bicyclic) bond motifs is 1. The van der Waals surface area contributed by atoms with Crippen molar-refractivity contribution in [2.24, 2.45) is 11.8 Å². The van der Waals surface area contributed by atoms with Gasteiger partial charge in [-0.1, -0.05) is 12.2 Å². The van der Waals surface area contributed by atoms with Crippen LogP contribution in [0.2, 0.25) is 0 Å². The normalized spacial score (nSPS) is 22.4. The maximum atomic E-state index is 12.3. The lowest BCUT2D eigenvalue weighted by Gasteiger charge is -2.14. The monoisotopic (exact) mass is 329 g/mol. The van der Waals surface area contributed by atoms with E-state index >= 15 is 0 Å². The van der Waals surface area contributed by atoms with Gasteiger partial charge in [0, 0.05) is 17.8 Å². The number of carbonyl (C=O) groups excluding carboxylic acids is 3. The lowest BCUT2D eigenvalue weighted by atomic mass is 9.85. The summed E-state index contributed by atoms with van der Waals surface area (Å²) >= 11 is 0. The van der Waals surface area contributed by atoms with Crippen LogP contribution in [0, 0.1) is 22.0 Å². The number of hydrogen-bond donors (Lipinski definition) is 1. The molecule has 124 valence electrons. The summed E-state index contributed by atoms with van der Waals surface area (Å²) in [5.41, 5.74) is 0.276. The van der Waals surface area contributed by atoms with Crippen LogP contribution in [0.4, 0.5) is 11.4 Å². The van der Waals surface area contributed by atoms with E-state index in [-0.39, 0.29) is 35.9 Å². The van der Waals surface area contributed by atoms with Gasteiger partial charge in [0.25, 0.3) is 5.69 Å². The van der Waals surface area contributed by atoms with Crippen LogP contribution in [0.15, 0.2) is 36.4 Å². The highest BCUT2D eigenvalue weighted by Gasteiger charge is 2.47. The van der Waals surface area contributed by atoms with Gasteiger partial charge in [-0.15, -0.1) is 0 Å². The second-order valence-electron chi connectivity index (χ2n) is 5.77. The molecule has 0 radical (unpaired) electrons. The number of benzene rings is 1. The minimum Gasteiger partial charge on any atom is -0.325 e. The molecule has 3 amide bonds. The average Bonchev–Trinajstić information content (AvgIpc) is 2.81. The lowest BCUT2D eigenvalue weighted by molar-refractivity contribution is -0.384. The van der Waals surface area contributed by atoms with Gasteiger partial charge in [0.2, 0.25) is 17.7 Å². The first-order chi connectivity index (χ1) is 11.5. The van der Waals surface area contributed by atoms with Gasteiger partial charge in [-0.2, -0.15) is 0 Å². The van der Waals surface area contributed by atoms with Crippen molar-refractivity contribution in [3.8, 4) is 0 Å². The minimum absolute atomic E-state index is 0.0885. The number of carbonyl (C=O) groups is 3. The Hall–Kier alpha value is -3.03. The Kier molecular flexibility index (Phi) is 4.11. The summed E-state index contributed by atoms with van der Waals surface area (Å²) in [6, 6.07) is 5.32. The van der Waals surface area contributed by atoms with Gasteiger partial charge in [0.05, 0.1) is 16.8 Å². The molecule has 1 aromatic rings. The number of nitro groups is 1. The third-order valence-corrected chi connectivity index (χ3v) is 4.26. The number of amides is 3. The first-order valence-corrected chi connectivity index (χ1v) is 7.52. The van der Waals surface area contributed by atoms with Crippen LogP contribution in [0.1, 0.15) is 12.8 Å². The highest BCUT2D eigenvalue weighted by Crippen LogP contribution is 2.34. The number of imide groups is 1. The lowest BCUT2D eigenvalue weighted by Crippen LogP contribution is -2.38. The van der Waals surface area contributed by atoms with Crippen LogP contribution in [0.25, 0.3) is 0 Å². The first-order valence-electron chi connectivity index (χ1n) is 7.52. The van der Waals surface area contributed by atoms with Crippen molar-refractivity contribution >= 4 is 29.1 Å². The number of likely N-dealkylation sites (tertiary alicyclic amines) is 1. The molecule has 0 unspecified atom stereocenters. The molecule has 3 rings (SSSR count). The van der Waals surface area contributed by atoms with E-state index in [0.717, 1.165) is 4.90 Å². The van der Waals surface area contributed by atoms with Crippen molar-refractivity contribution in [1.82, 2.24) is 4.90 Å². The number of anilines is 1. The Morgan fingerprint density at radius 2 is 1.67 bits per heavy atom. The van der Waals surface area contributed by atoms with E-state index in [1.165, 1.54) is 24.3 Å². The fraction of sp³-hybridized carbons (Fsp3) is 0.312. The zero-order valence-electron chi connectivity index (χ0n) is 12.7. The Bertz CT molecular complexity index is 715. The van der Waals surface area contributed by atoms with Gasteiger partial charge in [0.15, 0.2) is 0 Å². The molecule has 0 bridgehead atoms. The molecular formula is C16H15N3O5. The molecule has 8 heteroatoms. The smallest absolute Gasteiger partial charge is 0.269 e. The molecule has 1 fully saturated rings. The molecule has 0 saturated carbocycles. The number of allylic oxidation sites excluding steroid dienone is 2. The van der Waals surface area contributed by atoms with Crippen LogP contribution in [0.5, 0.6) is 0 Å². The molecule has 1 N–H and O–H groups in total. The van der Waals surface area contributed by atoms with Crippen molar-refractivity contribution in [1.29, 1.82) is 0 Å². The van der Waals surface area contributed by atoms with E-state index in [4.69, 9.17) is 0 Å². The third kappa shape index (κ3) is 2.90. The van der Waals surface area contributed by atoms with E-state index < -0.39 is 10.8 Å². The summed E-state index contributed by atoms with van der Waals surface area (Å²) in [4.78, 5) is 47.7. The molecule has 8 nitrogen and oxygen atoms in total. The number of nitrogens with zero attached hydrogens (tertiary/aromatic N) is 2. The van der Waals surface area contributed by atoms with Gasteiger partial charge in [-0.25, -0.2) is 0 Å². The summed E-state index contributed by atoms with van der Waals surface area (Å²) in [6.45, 7) is -0.346. The Labute approximate surface area is 137 Å². The van der Waals surface area contributed by atoms with Crippen LogP contribution in [-0.4, -0.2) is 34.1 Å². The highest BCUT2D eigenvalue weighted by molar-refractivity contribution is 6.08. The zero-order chi connectivity index (χ0) is 17.3. The third-order valence-electron chi connectivity index (χ3n) is 4.26. The van der Waals surface area contributed by atoms with Gasteiger partial charge >= 0.3 is 0 Å². The average molecular weight is 329 g/mol. The fourth-order valence-corrected chi connectivity index (χ4v) is 3.04. The molecule has 24 heavy (non-hydrogen) atoms. The molecule has 1 aromatic carbocycles. The molecule has 0 spiro atoms. The number of rotatable bonds is 4. The van der Waals surface area contributed by atoms with Crippen LogP contribution < -0.4 is 5.32 Å². The second-order valence-corrected chi connectivity index (χ2v) is 5.77. The number of nitro benzene ring substituents is 1. The predicted molar refractivity (Wildman–Crippen MR) is 83.8 cm³/mol. The Morgan fingerprint density at radius 1 is 1.12 bits per heavy atom. The van der Waals surface area contributed by atoms with Gasteiger partial charge in [-0.05, 0) is 25.0 Å². The second kappa shape index (κ2) is 6.23. The van der Waals surface area contributed by atoms with E-state index in [0.29, 0.717) is 18.5 Å². The molecule has 0 aromatic heterocycles. The van der Waals surface area contributed by atoms with E-state index in [1.54, 1.807) is 0 Å². The number of hydrogen-bond acceptors (Lipinski definition) is 5. The standard InChI is InChI=1S/C16H15N3O5/c20-14(17-10-5-7-11(8-6-10)19(23)24)9-18-15(21)12-3-1-2-4-13(12)16(18)22/h1-2,5-8,12-13H,3-4,9H2,(H,17,20)/t12-,13+. The molecular weight excluding hydrogens is 314 g/mol. The van der Waals surface area contributed by atoms with Gasteiger partial charge < -0.3 is 5.32 Å². The van der Waals surface area contributed by atoms with Crippen molar-refractivity contribution in [3.05, 3.63) is 46.5 Å². The topological polar surface area (TPSA) is 110 Å². The van der Waals surface area contributed by atoms with E-state index in [2.05, 4.69) is 5.32 Å². The summed E-state index contributed by atoms with van der Waals surface area (Å²) in [7, 11) is 0. The number of nitrogens with one attached hydrogen (secondary N) is 1. The predicted octanol–water partition coefficient (Wildman–Crippen LogP) is 1.48. The number of non-ortho nitro benzene ring substituents is 1. The molecule has 1 aliphatic heterocycles. The Morgan fingerprint density at radius 3 is 2.17 bits per heavy atom. The highest BCUT2D eigenvalue weighted by atomic mass is 16.6. The fourth-order valence-electron chi connectivity index (χ4n) is 3.04. The van der Waals surface area contributed by atoms with Crippen LogP contribution in [0.3, 0.4) is 0 Å². The molecule has 2 aliphatic rings. The Balaban J connectivity index is 1.63. The summed E-state index contributed by atoms with van der Waals surface area (Å²) in [5.74, 6) is -1.87. The van der Waals surface area contributed by atoms with Crippen molar-refractivity contribution in [2.75, 3.05) is 11.9 Å². The van der Waals surface area contributed by atoms with Crippen molar-refractivity contribution in [2.45, 2.75) is 12.8 Å². The van der Waals surface area contributed by atoms with Gasteiger partial charge in [0.1, 0.15) is 6.54 Å². The summed E-state index contributed by atoms with van der Waals surface area (Å²) < 4.78 is 0. The quantitative estimate of drug-likeness (QED) is 0.389. The molecule has 2 atom stereocenters. The minimum atomic E-state index is -0.539. The van der Waals surface area contributed by atoms with Crippen LogP contribution >= 0.6 is 0 Å². The first kappa shape index (κ1) is 15.9. The molecule has 1 heterocycles. The maximum absolute atomic E-state index is 12.3. The van der Waals surface area contributed by atoms with Crippen LogP contribution in [-0.2, 0) is 14.4 Å². The molecule has 1 saturated heterocycles. The summed E-state index contributed by atoms with van der Waals surface area (Å²) in [6.07, 6.45) is 4.81. The van der Waals surface area contributed by atoms with E-state index in [1.807, 2.05) is 12.2 Å². The maximum Gasteiger partial charge on any atom is 0.269 e. The van der Waals surface area contributed by atoms with Crippen molar-refractivity contribution < 1.29 is 19.3 Å². The summed E-state index contributed by atoms with van der Waals surface area (Å²) in [5, 5.41) is 13.1. The van der Waals surface area contributed by atoms with Gasteiger partial charge in [-0.3, -0.25) is 29.4 Å². The largest absolute Gasteiger partial charge is 0.325 e. The van der Waals surface area contributed by atoms with Crippen molar-refractivity contribution in [3.63, 3.8) is 0 Å². The SMILES string of the molecule is O=C(CN1C(=O)[C@H]2CC=CC[C@H]2C1=O)Nc1ccc([N+](=O)[O-])cc1. The zero-order valence-corrected chi connectivity index (χ0v) is 12.7. The molecule has 1 aliphatic carbocycles.